The minimum absolute atomic E-state index is 0.136. The van der Waals surface area contributed by atoms with E-state index in [9.17, 15) is 9.59 Å². The summed E-state index contributed by atoms with van der Waals surface area (Å²) in [5.41, 5.74) is -0.455. The highest BCUT2D eigenvalue weighted by atomic mass is 32.1. The quantitative estimate of drug-likeness (QED) is 0.466. The van der Waals surface area contributed by atoms with Gasteiger partial charge in [0.05, 0.1) is 0 Å². The third kappa shape index (κ3) is 3.36. The summed E-state index contributed by atoms with van der Waals surface area (Å²) >= 11 is 0.838. The first-order chi connectivity index (χ1) is 9.70. The number of carbonyl (C=O) groups is 2. The monoisotopic (exact) mass is 292 g/mol. The van der Waals surface area contributed by atoms with Crippen molar-refractivity contribution in [1.82, 2.24) is 9.36 Å². The van der Waals surface area contributed by atoms with Crippen molar-refractivity contribution in [3.8, 4) is 5.75 Å². The molecule has 8 nitrogen and oxygen atoms in total. The van der Waals surface area contributed by atoms with Gasteiger partial charge in [0.25, 0.3) is 0 Å². The van der Waals surface area contributed by atoms with Gasteiger partial charge in [-0.1, -0.05) is 23.4 Å². The number of carboxylic acids is 1. The molecule has 0 bridgehead atoms. The Morgan fingerprint density at radius 3 is 2.80 bits per heavy atom. The van der Waals surface area contributed by atoms with Crippen molar-refractivity contribution in [3.63, 3.8) is 0 Å². The second kappa shape index (κ2) is 6.38. The number of carboxylic acid groups (broad SMARTS) is 1. The number of benzene rings is 1. The Balaban J connectivity index is 2.21. The molecule has 0 aliphatic carbocycles. The van der Waals surface area contributed by atoms with Crippen LogP contribution in [0.15, 0.2) is 35.5 Å². The average molecular weight is 292 g/mol. The number of nitrogens with zero attached hydrogens (tertiary/aromatic N) is 3. The molecule has 0 spiro atoms. The summed E-state index contributed by atoms with van der Waals surface area (Å²) in [6, 6.07) is 8.47. The molecule has 1 heterocycles. The Kier molecular flexibility index (Phi) is 4.35. The van der Waals surface area contributed by atoms with Crippen LogP contribution in [0, 0.1) is 0 Å². The summed E-state index contributed by atoms with van der Waals surface area (Å²) in [5.74, 6) is -1.09. The summed E-state index contributed by atoms with van der Waals surface area (Å²) in [4.78, 5) is 30.2. The summed E-state index contributed by atoms with van der Waals surface area (Å²) in [6.07, 6.45) is 0.419. The summed E-state index contributed by atoms with van der Waals surface area (Å²) in [5, 5.41) is 15.0. The van der Waals surface area contributed by atoms with Gasteiger partial charge in [0, 0.05) is 11.5 Å². The van der Waals surface area contributed by atoms with Gasteiger partial charge in [0.1, 0.15) is 0 Å². The van der Waals surface area contributed by atoms with Crippen LogP contribution in [0.25, 0.3) is 0 Å². The molecule has 0 unspecified atom stereocenters. The Labute approximate surface area is 116 Å². The standard InChI is InChI=1S/C11H8N4O4S/c16-6-12-11-13-9(15-20-11)8(10(17)18)14-19-7-4-2-1-3-5-7/h1-6H,(H,17,18)(H,12,13,15,16). The minimum atomic E-state index is -1.34. The molecule has 0 aliphatic heterocycles. The largest absolute Gasteiger partial charge is 0.476 e. The fraction of sp³-hybridized carbons (Fsp3) is 0. The lowest BCUT2D eigenvalue weighted by Gasteiger charge is -1.99. The Morgan fingerprint density at radius 1 is 1.40 bits per heavy atom. The first-order valence-electron chi connectivity index (χ1n) is 5.28. The highest BCUT2D eigenvalue weighted by Crippen LogP contribution is 2.12. The molecule has 2 N–H and O–H groups in total. The molecule has 2 aromatic rings. The number of aromatic nitrogens is 2. The van der Waals surface area contributed by atoms with E-state index < -0.39 is 11.7 Å². The van der Waals surface area contributed by atoms with Crippen LogP contribution in [0.4, 0.5) is 5.13 Å². The van der Waals surface area contributed by atoms with E-state index in [0.717, 1.165) is 11.5 Å². The van der Waals surface area contributed by atoms with Crippen molar-refractivity contribution in [2.45, 2.75) is 0 Å². The van der Waals surface area contributed by atoms with Gasteiger partial charge in [-0.25, -0.2) is 4.79 Å². The summed E-state index contributed by atoms with van der Waals surface area (Å²) in [6.45, 7) is 0. The van der Waals surface area contributed by atoms with Crippen LogP contribution < -0.4 is 10.2 Å². The topological polar surface area (TPSA) is 114 Å². The van der Waals surface area contributed by atoms with Crippen molar-refractivity contribution in [2.75, 3.05) is 5.32 Å². The Morgan fingerprint density at radius 2 is 2.15 bits per heavy atom. The van der Waals surface area contributed by atoms with Gasteiger partial charge < -0.3 is 15.3 Å². The number of rotatable bonds is 6. The predicted molar refractivity (Wildman–Crippen MR) is 70.8 cm³/mol. The molecule has 1 aromatic carbocycles. The summed E-state index contributed by atoms with van der Waals surface area (Å²) < 4.78 is 3.79. The number of hydrogen-bond donors (Lipinski definition) is 2. The third-order valence-electron chi connectivity index (χ3n) is 2.01. The molecule has 9 heteroatoms. The molecule has 0 saturated heterocycles. The lowest BCUT2D eigenvalue weighted by molar-refractivity contribution is -0.129. The lowest BCUT2D eigenvalue weighted by Crippen LogP contribution is -2.17. The van der Waals surface area contributed by atoms with Gasteiger partial charge in [0.15, 0.2) is 5.75 Å². The molecule has 0 aliphatic rings. The number of anilines is 1. The SMILES string of the molecule is O=CNc1nc(C(=NOc2ccccc2)C(=O)O)ns1. The van der Waals surface area contributed by atoms with Crippen molar-refractivity contribution in [3.05, 3.63) is 36.2 Å². The second-order valence-corrected chi connectivity index (χ2v) is 4.09. The van der Waals surface area contributed by atoms with Gasteiger partial charge in [0.2, 0.25) is 23.1 Å². The van der Waals surface area contributed by atoms with Crippen LogP contribution in [0.5, 0.6) is 5.75 Å². The van der Waals surface area contributed by atoms with E-state index in [1.807, 2.05) is 0 Å². The number of aliphatic carboxylic acids is 1. The number of amides is 1. The second-order valence-electron chi connectivity index (χ2n) is 3.33. The molecule has 0 saturated carbocycles. The fourth-order valence-corrected chi connectivity index (χ4v) is 1.71. The maximum atomic E-state index is 11.1. The van der Waals surface area contributed by atoms with Crippen molar-refractivity contribution < 1.29 is 19.5 Å². The lowest BCUT2D eigenvalue weighted by atomic mass is 10.3. The van der Waals surface area contributed by atoms with E-state index in [-0.39, 0.29) is 11.0 Å². The third-order valence-corrected chi connectivity index (χ3v) is 2.65. The molecule has 1 aromatic heterocycles. The van der Waals surface area contributed by atoms with E-state index in [4.69, 9.17) is 9.94 Å². The van der Waals surface area contributed by atoms with Crippen molar-refractivity contribution in [2.24, 2.45) is 5.16 Å². The smallest absolute Gasteiger partial charge is 0.362 e. The maximum absolute atomic E-state index is 11.1. The van der Waals surface area contributed by atoms with E-state index in [1.54, 1.807) is 30.3 Å². The van der Waals surface area contributed by atoms with Crippen LogP contribution in [-0.2, 0) is 9.59 Å². The van der Waals surface area contributed by atoms with E-state index in [1.165, 1.54) is 0 Å². The first-order valence-corrected chi connectivity index (χ1v) is 6.05. The number of hydrogen-bond acceptors (Lipinski definition) is 7. The zero-order valence-electron chi connectivity index (χ0n) is 9.89. The van der Waals surface area contributed by atoms with E-state index in [2.05, 4.69) is 19.8 Å². The maximum Gasteiger partial charge on any atom is 0.362 e. The van der Waals surface area contributed by atoms with Crippen LogP contribution >= 0.6 is 11.5 Å². The molecule has 102 valence electrons. The van der Waals surface area contributed by atoms with E-state index in [0.29, 0.717) is 12.2 Å². The fourth-order valence-electron chi connectivity index (χ4n) is 1.18. The average Bonchev–Trinajstić information content (AvgIpc) is 2.89. The number of carbonyl (C=O) groups excluding carboxylic acids is 1. The molecule has 20 heavy (non-hydrogen) atoms. The van der Waals surface area contributed by atoms with Crippen LogP contribution in [0.2, 0.25) is 0 Å². The molecule has 1 amide bonds. The van der Waals surface area contributed by atoms with Crippen molar-refractivity contribution in [1.29, 1.82) is 0 Å². The zero-order valence-corrected chi connectivity index (χ0v) is 10.7. The molecule has 0 radical (unpaired) electrons. The van der Waals surface area contributed by atoms with Gasteiger partial charge in [-0.05, 0) is 12.1 Å². The first kappa shape index (κ1) is 13.6. The minimum Gasteiger partial charge on any atom is -0.476 e. The van der Waals surface area contributed by atoms with E-state index >= 15 is 0 Å². The number of oxime groups is 1. The Bertz CT molecular complexity index is 641. The van der Waals surface area contributed by atoms with Gasteiger partial charge in [-0.3, -0.25) is 4.79 Å². The number of nitrogens with one attached hydrogen (secondary N) is 1. The number of para-hydroxylation sites is 1. The van der Waals surface area contributed by atoms with Gasteiger partial charge in [-0.2, -0.15) is 9.36 Å². The summed E-state index contributed by atoms with van der Waals surface area (Å²) in [7, 11) is 0. The van der Waals surface area contributed by atoms with Gasteiger partial charge >= 0.3 is 5.97 Å². The Hall–Kier alpha value is -2.81. The predicted octanol–water partition coefficient (Wildman–Crippen LogP) is 0.974. The normalized spacial score (nSPS) is 10.9. The zero-order chi connectivity index (χ0) is 14.4. The highest BCUT2D eigenvalue weighted by molar-refractivity contribution is 7.10. The highest BCUT2D eigenvalue weighted by Gasteiger charge is 2.19. The molecule has 0 fully saturated rings. The van der Waals surface area contributed by atoms with Crippen LogP contribution in [0.1, 0.15) is 5.82 Å². The van der Waals surface area contributed by atoms with Crippen LogP contribution in [0.3, 0.4) is 0 Å². The molecular formula is C11H8N4O4S. The molecule has 0 atom stereocenters. The molecular weight excluding hydrogens is 284 g/mol. The van der Waals surface area contributed by atoms with Crippen LogP contribution in [-0.4, -0.2) is 32.6 Å². The van der Waals surface area contributed by atoms with Gasteiger partial charge in [-0.15, -0.1) is 0 Å². The molecule has 2 rings (SSSR count). The van der Waals surface area contributed by atoms with Crippen molar-refractivity contribution >= 4 is 34.8 Å².